The fourth-order valence-corrected chi connectivity index (χ4v) is 2.70. The number of fused-ring (bicyclic) bond motifs is 1. The van der Waals surface area contributed by atoms with Crippen LogP contribution in [-0.4, -0.2) is 33.3 Å². The molecule has 0 saturated heterocycles. The Morgan fingerprint density at radius 1 is 1.29 bits per heavy atom. The Morgan fingerprint density at radius 3 is 2.76 bits per heavy atom. The van der Waals surface area contributed by atoms with E-state index in [0.29, 0.717) is 24.3 Å². The third-order valence-corrected chi connectivity index (χ3v) is 3.66. The van der Waals surface area contributed by atoms with Gasteiger partial charge in [0.2, 0.25) is 0 Å². The number of amides is 1. The van der Waals surface area contributed by atoms with Crippen molar-refractivity contribution in [1.29, 1.82) is 0 Å². The first-order valence-electron chi connectivity index (χ1n) is 6.74. The van der Waals surface area contributed by atoms with E-state index in [-0.39, 0.29) is 11.5 Å². The van der Waals surface area contributed by atoms with Gasteiger partial charge in [-0.2, -0.15) is 5.10 Å². The maximum absolute atomic E-state index is 12.6. The third-order valence-electron chi connectivity index (χ3n) is 3.66. The lowest BCUT2D eigenvalue weighted by Gasteiger charge is -2.29. The van der Waals surface area contributed by atoms with Crippen molar-refractivity contribution in [1.82, 2.24) is 9.78 Å². The number of rotatable bonds is 2. The molecule has 1 aliphatic heterocycles. The molecule has 1 aromatic carbocycles. The Balaban J connectivity index is 2.03. The summed E-state index contributed by atoms with van der Waals surface area (Å²) in [6, 6.07) is 6.71. The highest BCUT2D eigenvalue weighted by atomic mass is 16.4. The molecule has 0 fully saturated rings. The van der Waals surface area contributed by atoms with Gasteiger partial charge < -0.3 is 10.0 Å². The molecule has 0 radical (unpaired) electrons. The van der Waals surface area contributed by atoms with Crippen LogP contribution in [0.5, 0.6) is 0 Å². The number of carbonyl (C=O) groups is 2. The molecule has 0 unspecified atom stereocenters. The zero-order valence-corrected chi connectivity index (χ0v) is 11.6. The summed E-state index contributed by atoms with van der Waals surface area (Å²) in [4.78, 5) is 25.5. The number of carboxylic acids is 1. The molecule has 6 heteroatoms. The predicted molar refractivity (Wildman–Crippen MR) is 76.6 cm³/mol. The fraction of sp³-hybridized carbons (Fsp3) is 0.267. The molecule has 0 saturated carbocycles. The first-order valence-corrected chi connectivity index (χ1v) is 6.74. The van der Waals surface area contributed by atoms with Crippen molar-refractivity contribution >= 4 is 17.6 Å². The number of carbonyl (C=O) groups excluding carboxylic acids is 1. The van der Waals surface area contributed by atoms with Crippen molar-refractivity contribution in [2.75, 3.05) is 11.4 Å². The molecular weight excluding hydrogens is 270 g/mol. The van der Waals surface area contributed by atoms with Crippen LogP contribution < -0.4 is 4.90 Å². The van der Waals surface area contributed by atoms with Gasteiger partial charge in [0, 0.05) is 25.5 Å². The Kier molecular flexibility index (Phi) is 3.21. The van der Waals surface area contributed by atoms with Gasteiger partial charge in [-0.3, -0.25) is 9.48 Å². The highest BCUT2D eigenvalue weighted by Crippen LogP contribution is 2.30. The summed E-state index contributed by atoms with van der Waals surface area (Å²) < 4.78 is 1.58. The van der Waals surface area contributed by atoms with Crippen LogP contribution in [0.4, 0.5) is 5.69 Å². The second kappa shape index (κ2) is 5.05. The summed E-state index contributed by atoms with van der Waals surface area (Å²) in [6.07, 6.45) is 3.13. The minimum Gasteiger partial charge on any atom is -0.478 e. The molecule has 1 N–H and O–H groups in total. The standard InChI is InChI=1S/C15H15N3O3/c1-17-9-7-12(16-17)14(19)18-8-3-5-10-11(15(20)21)4-2-6-13(10)18/h2,4,6-7,9H,3,5,8H2,1H3,(H,20,21). The first-order chi connectivity index (χ1) is 10.1. The number of carboxylic acid groups (broad SMARTS) is 1. The smallest absolute Gasteiger partial charge is 0.336 e. The molecule has 6 nitrogen and oxygen atoms in total. The zero-order valence-electron chi connectivity index (χ0n) is 11.6. The van der Waals surface area contributed by atoms with Crippen LogP contribution in [0.15, 0.2) is 30.5 Å². The number of hydrogen-bond donors (Lipinski definition) is 1. The molecule has 0 atom stereocenters. The van der Waals surface area contributed by atoms with Gasteiger partial charge in [-0.25, -0.2) is 4.79 Å². The highest BCUT2D eigenvalue weighted by Gasteiger charge is 2.27. The van der Waals surface area contributed by atoms with Crippen LogP contribution in [0.1, 0.15) is 32.8 Å². The molecule has 0 spiro atoms. The number of nitrogens with zero attached hydrogens (tertiary/aromatic N) is 3. The van der Waals surface area contributed by atoms with E-state index in [1.165, 1.54) is 0 Å². The number of hydrogen-bond acceptors (Lipinski definition) is 3. The van der Waals surface area contributed by atoms with E-state index in [0.717, 1.165) is 12.0 Å². The molecule has 108 valence electrons. The summed E-state index contributed by atoms with van der Waals surface area (Å²) in [7, 11) is 1.75. The van der Waals surface area contributed by atoms with Gasteiger partial charge in [-0.05, 0) is 36.6 Å². The van der Waals surface area contributed by atoms with Gasteiger partial charge in [0.25, 0.3) is 5.91 Å². The average Bonchev–Trinajstić information content (AvgIpc) is 2.91. The molecule has 1 amide bonds. The fourth-order valence-electron chi connectivity index (χ4n) is 2.70. The second-order valence-electron chi connectivity index (χ2n) is 5.04. The summed E-state index contributed by atoms with van der Waals surface area (Å²) in [6.45, 7) is 0.575. The van der Waals surface area contributed by atoms with Crippen molar-refractivity contribution in [2.24, 2.45) is 7.05 Å². The van der Waals surface area contributed by atoms with Crippen LogP contribution in [0.2, 0.25) is 0 Å². The molecular formula is C15H15N3O3. The van der Waals surface area contributed by atoms with E-state index >= 15 is 0 Å². The predicted octanol–water partition coefficient (Wildman–Crippen LogP) is 1.71. The van der Waals surface area contributed by atoms with Crippen molar-refractivity contribution in [3.63, 3.8) is 0 Å². The monoisotopic (exact) mass is 285 g/mol. The Morgan fingerprint density at radius 2 is 2.10 bits per heavy atom. The van der Waals surface area contributed by atoms with E-state index in [9.17, 15) is 14.7 Å². The lowest BCUT2D eigenvalue weighted by molar-refractivity contribution is 0.0695. The molecule has 2 aromatic rings. The number of aromatic nitrogens is 2. The maximum atomic E-state index is 12.6. The number of benzene rings is 1. The van der Waals surface area contributed by atoms with E-state index < -0.39 is 5.97 Å². The molecule has 21 heavy (non-hydrogen) atoms. The SMILES string of the molecule is Cn1ccc(C(=O)N2CCCc3c(C(=O)O)cccc32)n1. The van der Waals surface area contributed by atoms with E-state index in [1.54, 1.807) is 47.1 Å². The first kappa shape index (κ1) is 13.4. The Labute approximate surface area is 121 Å². The van der Waals surface area contributed by atoms with Gasteiger partial charge in [-0.15, -0.1) is 0 Å². The summed E-state index contributed by atoms with van der Waals surface area (Å²) in [5.74, 6) is -1.15. The van der Waals surface area contributed by atoms with E-state index in [2.05, 4.69) is 5.10 Å². The Bertz CT molecular complexity index is 721. The molecule has 2 heterocycles. The number of anilines is 1. The summed E-state index contributed by atoms with van der Waals surface area (Å²) in [5.41, 5.74) is 2.04. The maximum Gasteiger partial charge on any atom is 0.336 e. The normalized spacial score (nSPS) is 13.9. The largest absolute Gasteiger partial charge is 0.478 e. The van der Waals surface area contributed by atoms with Crippen molar-refractivity contribution < 1.29 is 14.7 Å². The van der Waals surface area contributed by atoms with Crippen LogP contribution >= 0.6 is 0 Å². The van der Waals surface area contributed by atoms with Crippen LogP contribution in [-0.2, 0) is 13.5 Å². The molecule has 1 aliphatic rings. The van der Waals surface area contributed by atoms with Crippen LogP contribution in [0, 0.1) is 0 Å². The third kappa shape index (κ3) is 2.29. The molecule has 0 bridgehead atoms. The van der Waals surface area contributed by atoms with Crippen molar-refractivity contribution in [3.8, 4) is 0 Å². The van der Waals surface area contributed by atoms with Gasteiger partial charge in [0.05, 0.1) is 5.56 Å². The second-order valence-corrected chi connectivity index (χ2v) is 5.04. The van der Waals surface area contributed by atoms with Crippen LogP contribution in [0.25, 0.3) is 0 Å². The topological polar surface area (TPSA) is 75.4 Å². The van der Waals surface area contributed by atoms with E-state index in [4.69, 9.17) is 0 Å². The molecule has 0 aliphatic carbocycles. The minimum absolute atomic E-state index is 0.195. The number of aryl methyl sites for hydroxylation is 1. The molecule has 1 aromatic heterocycles. The lowest BCUT2D eigenvalue weighted by atomic mass is 9.96. The van der Waals surface area contributed by atoms with Gasteiger partial charge >= 0.3 is 5.97 Å². The average molecular weight is 285 g/mol. The van der Waals surface area contributed by atoms with Crippen LogP contribution in [0.3, 0.4) is 0 Å². The number of aromatic carboxylic acids is 1. The van der Waals surface area contributed by atoms with Gasteiger partial charge in [-0.1, -0.05) is 6.07 Å². The molecule has 3 rings (SSSR count). The summed E-state index contributed by atoms with van der Waals surface area (Å²) >= 11 is 0. The quantitative estimate of drug-likeness (QED) is 0.911. The highest BCUT2D eigenvalue weighted by molar-refractivity contribution is 6.06. The lowest BCUT2D eigenvalue weighted by Crippen LogP contribution is -2.36. The Hall–Kier alpha value is -2.63. The summed E-state index contributed by atoms with van der Waals surface area (Å²) in [5, 5.41) is 13.4. The van der Waals surface area contributed by atoms with E-state index in [1.807, 2.05) is 0 Å². The van der Waals surface area contributed by atoms with Gasteiger partial charge in [0.15, 0.2) is 5.69 Å². The minimum atomic E-state index is -0.959. The van der Waals surface area contributed by atoms with Crippen molar-refractivity contribution in [2.45, 2.75) is 12.8 Å². The van der Waals surface area contributed by atoms with Crippen molar-refractivity contribution in [3.05, 3.63) is 47.3 Å². The zero-order chi connectivity index (χ0) is 15.0. The van der Waals surface area contributed by atoms with Gasteiger partial charge in [0.1, 0.15) is 0 Å².